The third-order valence-corrected chi connectivity index (χ3v) is 1.97. The third-order valence-electron chi connectivity index (χ3n) is 1.97. The average molecular weight is 215 g/mol. The van der Waals surface area contributed by atoms with E-state index in [-0.39, 0.29) is 13.0 Å². The van der Waals surface area contributed by atoms with Crippen LogP contribution in [0.2, 0.25) is 0 Å². The molecule has 0 amide bonds. The van der Waals surface area contributed by atoms with Gasteiger partial charge in [-0.15, -0.1) is 0 Å². The van der Waals surface area contributed by atoms with Gasteiger partial charge in [-0.25, -0.2) is 0 Å². The van der Waals surface area contributed by atoms with E-state index in [0.29, 0.717) is 5.56 Å². The Labute approximate surface area is 86.4 Å². The largest absolute Gasteiger partial charge is 0.412 e. The molecule has 0 aliphatic rings. The Bertz CT molecular complexity index is 327. The molecule has 0 atom stereocenters. The van der Waals surface area contributed by atoms with Crippen molar-refractivity contribution in [2.45, 2.75) is 12.6 Å². The van der Waals surface area contributed by atoms with E-state index in [2.05, 4.69) is 0 Å². The summed E-state index contributed by atoms with van der Waals surface area (Å²) in [4.78, 5) is 0. The standard InChI is InChI=1S/C11H12F3N/c12-11(13,14)10(6-7-15)8-9-4-2-1-3-5-9/h1-6H,7-8,15H2. The van der Waals surface area contributed by atoms with Gasteiger partial charge in [0.25, 0.3) is 0 Å². The predicted molar refractivity (Wildman–Crippen MR) is 53.3 cm³/mol. The molecule has 0 unspecified atom stereocenters. The molecule has 1 nitrogen and oxygen atoms in total. The molecular formula is C11H12F3N. The zero-order chi connectivity index (χ0) is 11.3. The maximum absolute atomic E-state index is 12.5. The second-order valence-electron chi connectivity index (χ2n) is 3.13. The minimum Gasteiger partial charge on any atom is -0.327 e. The lowest BCUT2D eigenvalue weighted by atomic mass is 10.0. The maximum atomic E-state index is 12.5. The van der Waals surface area contributed by atoms with Crippen LogP contribution >= 0.6 is 0 Å². The maximum Gasteiger partial charge on any atom is 0.412 e. The SMILES string of the molecule is NCC=C(Cc1ccccc1)C(F)(F)F. The first kappa shape index (κ1) is 11.8. The summed E-state index contributed by atoms with van der Waals surface area (Å²) in [6.07, 6.45) is -3.40. The fourth-order valence-corrected chi connectivity index (χ4v) is 1.25. The Hall–Kier alpha value is -1.29. The number of nitrogens with two attached hydrogens (primary N) is 1. The van der Waals surface area contributed by atoms with Gasteiger partial charge in [-0.2, -0.15) is 13.2 Å². The Kier molecular flexibility index (Phi) is 3.91. The molecule has 0 spiro atoms. The van der Waals surface area contributed by atoms with Crippen molar-refractivity contribution in [1.82, 2.24) is 0 Å². The number of halogens is 3. The van der Waals surface area contributed by atoms with Crippen molar-refractivity contribution in [3.05, 3.63) is 47.5 Å². The lowest BCUT2D eigenvalue weighted by Crippen LogP contribution is -2.15. The molecule has 82 valence electrons. The van der Waals surface area contributed by atoms with Crippen molar-refractivity contribution in [2.24, 2.45) is 5.73 Å². The topological polar surface area (TPSA) is 26.0 Å². The Balaban J connectivity index is 2.82. The molecule has 1 rings (SSSR count). The van der Waals surface area contributed by atoms with E-state index in [1.807, 2.05) is 0 Å². The van der Waals surface area contributed by atoms with Crippen molar-refractivity contribution >= 4 is 0 Å². The summed E-state index contributed by atoms with van der Waals surface area (Å²) in [5, 5.41) is 0. The number of allylic oxidation sites excluding steroid dienone is 1. The molecule has 0 aromatic heterocycles. The van der Waals surface area contributed by atoms with Crippen molar-refractivity contribution in [3.8, 4) is 0 Å². The van der Waals surface area contributed by atoms with Crippen LogP contribution in [0, 0.1) is 0 Å². The summed E-state index contributed by atoms with van der Waals surface area (Å²) in [7, 11) is 0. The highest BCUT2D eigenvalue weighted by atomic mass is 19.4. The van der Waals surface area contributed by atoms with Gasteiger partial charge in [0.05, 0.1) is 0 Å². The lowest BCUT2D eigenvalue weighted by Gasteiger charge is -2.11. The van der Waals surface area contributed by atoms with E-state index < -0.39 is 11.7 Å². The molecule has 0 saturated carbocycles. The van der Waals surface area contributed by atoms with E-state index in [4.69, 9.17) is 5.73 Å². The molecule has 0 bridgehead atoms. The van der Waals surface area contributed by atoms with Crippen molar-refractivity contribution in [2.75, 3.05) is 6.54 Å². The second kappa shape index (κ2) is 4.98. The molecule has 4 heteroatoms. The molecule has 1 aromatic carbocycles. The first-order valence-electron chi connectivity index (χ1n) is 4.54. The highest BCUT2D eigenvalue weighted by Gasteiger charge is 2.32. The minimum absolute atomic E-state index is 0.0956. The number of hydrogen-bond acceptors (Lipinski definition) is 1. The van der Waals surface area contributed by atoms with Gasteiger partial charge < -0.3 is 5.73 Å². The molecule has 0 aliphatic carbocycles. The molecule has 0 saturated heterocycles. The van der Waals surface area contributed by atoms with Gasteiger partial charge in [-0.3, -0.25) is 0 Å². The summed E-state index contributed by atoms with van der Waals surface area (Å²) >= 11 is 0. The molecule has 2 N–H and O–H groups in total. The smallest absolute Gasteiger partial charge is 0.327 e. The number of alkyl halides is 3. The number of rotatable bonds is 3. The van der Waals surface area contributed by atoms with Gasteiger partial charge in [-0.05, 0) is 5.56 Å². The van der Waals surface area contributed by atoms with E-state index in [1.165, 1.54) is 0 Å². The van der Waals surface area contributed by atoms with Crippen LogP contribution in [0.15, 0.2) is 42.0 Å². The molecule has 0 radical (unpaired) electrons. The van der Waals surface area contributed by atoms with Crippen LogP contribution in [0.5, 0.6) is 0 Å². The quantitative estimate of drug-likeness (QED) is 0.771. The lowest BCUT2D eigenvalue weighted by molar-refractivity contribution is -0.0933. The van der Waals surface area contributed by atoms with Crippen molar-refractivity contribution in [3.63, 3.8) is 0 Å². The molecule has 0 heterocycles. The fraction of sp³-hybridized carbons (Fsp3) is 0.273. The van der Waals surface area contributed by atoms with Crippen LogP contribution in [0.3, 0.4) is 0 Å². The molecule has 0 fully saturated rings. The van der Waals surface area contributed by atoms with Crippen molar-refractivity contribution < 1.29 is 13.2 Å². The van der Waals surface area contributed by atoms with Gasteiger partial charge in [0, 0.05) is 18.5 Å². The van der Waals surface area contributed by atoms with Gasteiger partial charge in [0.15, 0.2) is 0 Å². The van der Waals surface area contributed by atoms with Crippen LogP contribution in [-0.2, 0) is 6.42 Å². The monoisotopic (exact) mass is 215 g/mol. The van der Waals surface area contributed by atoms with E-state index in [0.717, 1.165) is 6.08 Å². The summed E-state index contributed by atoms with van der Waals surface area (Å²) in [5.74, 6) is 0. The van der Waals surface area contributed by atoms with Crippen LogP contribution in [0.4, 0.5) is 13.2 Å². The third kappa shape index (κ3) is 3.75. The van der Waals surface area contributed by atoms with Gasteiger partial charge >= 0.3 is 6.18 Å². The van der Waals surface area contributed by atoms with Crippen molar-refractivity contribution in [1.29, 1.82) is 0 Å². The van der Waals surface area contributed by atoms with Crippen LogP contribution in [-0.4, -0.2) is 12.7 Å². The van der Waals surface area contributed by atoms with E-state index in [9.17, 15) is 13.2 Å². The zero-order valence-electron chi connectivity index (χ0n) is 8.09. The first-order valence-corrected chi connectivity index (χ1v) is 4.54. The van der Waals surface area contributed by atoms with E-state index in [1.54, 1.807) is 30.3 Å². The number of hydrogen-bond donors (Lipinski definition) is 1. The molecular weight excluding hydrogens is 203 g/mol. The Morgan fingerprint density at radius 1 is 1.20 bits per heavy atom. The normalized spacial score (nSPS) is 12.9. The molecule has 0 aliphatic heterocycles. The second-order valence-corrected chi connectivity index (χ2v) is 3.13. The summed E-state index contributed by atoms with van der Waals surface area (Å²) in [6, 6.07) is 8.52. The average Bonchev–Trinajstić information content (AvgIpc) is 2.17. The van der Waals surface area contributed by atoms with Crippen LogP contribution in [0.25, 0.3) is 0 Å². The highest BCUT2D eigenvalue weighted by Crippen LogP contribution is 2.28. The fourth-order valence-electron chi connectivity index (χ4n) is 1.25. The number of benzene rings is 1. The van der Waals surface area contributed by atoms with Gasteiger partial charge in [0.1, 0.15) is 0 Å². The predicted octanol–water partition coefficient (Wildman–Crippen LogP) is 2.68. The summed E-state index contributed by atoms with van der Waals surface area (Å²) in [5.41, 5.74) is 5.15. The van der Waals surface area contributed by atoms with Crippen LogP contribution in [0.1, 0.15) is 5.56 Å². The first-order chi connectivity index (χ1) is 7.04. The zero-order valence-corrected chi connectivity index (χ0v) is 8.09. The van der Waals surface area contributed by atoms with Gasteiger partial charge in [0.2, 0.25) is 0 Å². The Morgan fingerprint density at radius 2 is 1.80 bits per heavy atom. The molecule has 1 aromatic rings. The summed E-state index contributed by atoms with van der Waals surface area (Å²) in [6.45, 7) is -0.0956. The summed E-state index contributed by atoms with van der Waals surface area (Å²) < 4.78 is 37.4. The highest BCUT2D eigenvalue weighted by molar-refractivity contribution is 5.24. The van der Waals surface area contributed by atoms with Gasteiger partial charge in [-0.1, -0.05) is 36.4 Å². The Morgan fingerprint density at radius 3 is 2.27 bits per heavy atom. The van der Waals surface area contributed by atoms with E-state index >= 15 is 0 Å². The minimum atomic E-state index is -4.30. The van der Waals surface area contributed by atoms with Crippen LogP contribution < -0.4 is 5.73 Å². The molecule has 15 heavy (non-hydrogen) atoms.